The molecule has 29 heavy (non-hydrogen) atoms. The van der Waals surface area contributed by atoms with Gasteiger partial charge >= 0.3 is 0 Å². The number of fused-ring (bicyclic) bond motifs is 1. The van der Waals surface area contributed by atoms with Crippen LogP contribution in [0.2, 0.25) is 0 Å². The Labute approximate surface area is 169 Å². The summed E-state index contributed by atoms with van der Waals surface area (Å²) in [6.45, 7) is 7.45. The number of hydrogen-bond donors (Lipinski definition) is 1. The van der Waals surface area contributed by atoms with Crippen LogP contribution >= 0.6 is 0 Å². The number of benzene rings is 2. The zero-order valence-electron chi connectivity index (χ0n) is 17.2. The number of hydrogen-bond acceptors (Lipinski definition) is 5. The molecule has 7 heteroatoms. The van der Waals surface area contributed by atoms with Gasteiger partial charge in [-0.05, 0) is 45.9 Å². The van der Waals surface area contributed by atoms with Crippen LogP contribution in [-0.4, -0.2) is 28.5 Å². The maximum absolute atomic E-state index is 12.9. The predicted molar refractivity (Wildman–Crippen MR) is 114 cm³/mol. The van der Waals surface area contributed by atoms with Gasteiger partial charge in [0.15, 0.2) is 5.69 Å². The van der Waals surface area contributed by atoms with Crippen molar-refractivity contribution in [2.45, 2.75) is 33.7 Å². The van der Waals surface area contributed by atoms with E-state index in [0.29, 0.717) is 22.2 Å². The van der Waals surface area contributed by atoms with Crippen molar-refractivity contribution in [3.63, 3.8) is 0 Å². The van der Waals surface area contributed by atoms with Crippen molar-refractivity contribution >= 4 is 22.4 Å². The lowest BCUT2D eigenvalue weighted by molar-refractivity contribution is 0.0949. The monoisotopic (exact) mass is 392 g/mol. The molecule has 0 aliphatic carbocycles. The standard InChI is InChI=1S/C22H24N4O3/c1-13(2)26-22(28)17-9-7-6-8-16(17)20(25-26)21(27)24-23-15(4)18-12-14(3)10-11-19(18)29-5/h6-13H,1-5H3,(H,24,27)/b23-15-. The zero-order chi connectivity index (χ0) is 21.1. The Morgan fingerprint density at radius 3 is 2.52 bits per heavy atom. The van der Waals surface area contributed by atoms with Crippen molar-refractivity contribution in [1.82, 2.24) is 15.2 Å². The maximum atomic E-state index is 12.9. The summed E-state index contributed by atoms with van der Waals surface area (Å²) in [5, 5.41) is 9.47. The second kappa shape index (κ2) is 8.26. The van der Waals surface area contributed by atoms with Crippen molar-refractivity contribution < 1.29 is 9.53 Å². The highest BCUT2D eigenvalue weighted by Crippen LogP contribution is 2.20. The first-order valence-electron chi connectivity index (χ1n) is 9.34. The first kappa shape index (κ1) is 20.3. The highest BCUT2D eigenvalue weighted by atomic mass is 16.5. The van der Waals surface area contributed by atoms with E-state index in [1.165, 1.54) is 4.68 Å². The van der Waals surface area contributed by atoms with E-state index in [9.17, 15) is 9.59 Å². The van der Waals surface area contributed by atoms with Crippen LogP contribution in [0, 0.1) is 6.92 Å². The SMILES string of the molecule is COc1ccc(C)cc1/C(C)=N\NC(=O)c1nn(C(C)C)c(=O)c2ccccc12. The average molecular weight is 392 g/mol. The number of carbonyl (C=O) groups excluding carboxylic acids is 1. The summed E-state index contributed by atoms with van der Waals surface area (Å²) in [5.41, 5.74) is 4.93. The summed E-state index contributed by atoms with van der Waals surface area (Å²) in [5.74, 6) is 0.185. The van der Waals surface area contributed by atoms with Crippen LogP contribution in [0.4, 0.5) is 0 Å². The Hall–Kier alpha value is -3.48. The second-order valence-electron chi connectivity index (χ2n) is 7.08. The van der Waals surface area contributed by atoms with Crippen molar-refractivity contribution in [3.05, 3.63) is 69.6 Å². The topological polar surface area (TPSA) is 85.6 Å². The molecule has 2 aromatic carbocycles. The van der Waals surface area contributed by atoms with Crippen molar-refractivity contribution in [2.24, 2.45) is 5.10 Å². The van der Waals surface area contributed by atoms with Gasteiger partial charge in [-0.1, -0.05) is 29.8 Å². The fourth-order valence-corrected chi connectivity index (χ4v) is 3.08. The Morgan fingerprint density at radius 1 is 1.17 bits per heavy atom. The van der Waals surface area contributed by atoms with E-state index < -0.39 is 5.91 Å². The van der Waals surface area contributed by atoms with Crippen LogP contribution in [0.15, 0.2) is 52.4 Å². The maximum Gasteiger partial charge on any atom is 0.292 e. The molecule has 0 saturated heterocycles. The van der Waals surface area contributed by atoms with Gasteiger partial charge in [0.25, 0.3) is 11.5 Å². The van der Waals surface area contributed by atoms with E-state index in [0.717, 1.165) is 11.1 Å². The molecule has 1 aromatic heterocycles. The van der Waals surface area contributed by atoms with Crippen LogP contribution in [0.5, 0.6) is 5.75 Å². The predicted octanol–water partition coefficient (Wildman–Crippen LogP) is 3.45. The fourth-order valence-electron chi connectivity index (χ4n) is 3.08. The van der Waals surface area contributed by atoms with Crippen molar-refractivity contribution in [3.8, 4) is 5.75 Å². The highest BCUT2D eigenvalue weighted by molar-refractivity contribution is 6.06. The van der Waals surface area contributed by atoms with Gasteiger partial charge in [0.05, 0.1) is 24.2 Å². The fraction of sp³-hybridized carbons (Fsp3) is 0.273. The van der Waals surface area contributed by atoms with Crippen LogP contribution in [0.25, 0.3) is 10.8 Å². The van der Waals surface area contributed by atoms with E-state index in [2.05, 4.69) is 15.6 Å². The van der Waals surface area contributed by atoms with Gasteiger partial charge < -0.3 is 4.74 Å². The number of nitrogens with one attached hydrogen (secondary N) is 1. The molecule has 3 aromatic rings. The quantitative estimate of drug-likeness (QED) is 0.532. The van der Waals surface area contributed by atoms with Gasteiger partial charge in [0.1, 0.15) is 5.75 Å². The lowest BCUT2D eigenvalue weighted by Crippen LogP contribution is -2.30. The molecule has 1 amide bonds. The summed E-state index contributed by atoms with van der Waals surface area (Å²) in [4.78, 5) is 25.5. The first-order chi connectivity index (χ1) is 13.8. The number of ether oxygens (including phenoxy) is 1. The molecular weight excluding hydrogens is 368 g/mol. The molecule has 0 aliphatic rings. The molecule has 0 unspecified atom stereocenters. The number of hydrazone groups is 1. The van der Waals surface area contributed by atoms with E-state index in [4.69, 9.17) is 4.74 Å². The summed E-state index contributed by atoms with van der Waals surface area (Å²) in [7, 11) is 1.59. The highest BCUT2D eigenvalue weighted by Gasteiger charge is 2.18. The number of nitrogens with zero attached hydrogens (tertiary/aromatic N) is 3. The molecule has 7 nitrogen and oxygen atoms in total. The smallest absolute Gasteiger partial charge is 0.292 e. The van der Waals surface area contributed by atoms with Crippen LogP contribution in [-0.2, 0) is 0 Å². The van der Waals surface area contributed by atoms with Gasteiger partial charge in [-0.15, -0.1) is 0 Å². The summed E-state index contributed by atoms with van der Waals surface area (Å²) in [6.07, 6.45) is 0. The van der Waals surface area contributed by atoms with E-state index in [1.807, 2.05) is 39.0 Å². The summed E-state index contributed by atoms with van der Waals surface area (Å²) >= 11 is 0. The van der Waals surface area contributed by atoms with Gasteiger partial charge in [0, 0.05) is 10.9 Å². The van der Waals surface area contributed by atoms with E-state index in [1.54, 1.807) is 38.3 Å². The van der Waals surface area contributed by atoms with Crippen molar-refractivity contribution in [1.29, 1.82) is 0 Å². The van der Waals surface area contributed by atoms with Crippen molar-refractivity contribution in [2.75, 3.05) is 7.11 Å². The third-order valence-corrected chi connectivity index (χ3v) is 4.60. The van der Waals surface area contributed by atoms with Crippen LogP contribution in [0.1, 0.15) is 48.4 Å². The molecule has 0 radical (unpaired) electrons. The molecule has 0 fully saturated rings. The Kier molecular flexibility index (Phi) is 5.77. The molecular formula is C22H24N4O3. The Balaban J connectivity index is 2.01. The molecule has 1 N–H and O–H groups in total. The molecule has 3 rings (SSSR count). The van der Waals surface area contributed by atoms with Gasteiger partial charge in [0.2, 0.25) is 0 Å². The normalized spacial score (nSPS) is 11.7. The van der Waals surface area contributed by atoms with Gasteiger partial charge in [-0.3, -0.25) is 9.59 Å². The third kappa shape index (κ3) is 4.03. The van der Waals surface area contributed by atoms with E-state index in [-0.39, 0.29) is 17.3 Å². The number of rotatable bonds is 5. The minimum absolute atomic E-state index is 0.154. The molecule has 1 heterocycles. The number of methoxy groups -OCH3 is 1. The second-order valence-corrected chi connectivity index (χ2v) is 7.08. The lowest BCUT2D eigenvalue weighted by Gasteiger charge is -2.13. The molecule has 0 spiro atoms. The molecule has 0 saturated carbocycles. The van der Waals surface area contributed by atoms with Crippen LogP contribution < -0.4 is 15.7 Å². The number of aromatic nitrogens is 2. The first-order valence-corrected chi connectivity index (χ1v) is 9.34. The minimum atomic E-state index is -0.485. The molecule has 0 atom stereocenters. The van der Waals surface area contributed by atoms with Crippen LogP contribution in [0.3, 0.4) is 0 Å². The Morgan fingerprint density at radius 2 is 1.86 bits per heavy atom. The lowest BCUT2D eigenvalue weighted by atomic mass is 10.1. The largest absolute Gasteiger partial charge is 0.496 e. The van der Waals surface area contributed by atoms with Gasteiger partial charge in [-0.2, -0.15) is 10.2 Å². The zero-order valence-corrected chi connectivity index (χ0v) is 17.2. The van der Waals surface area contributed by atoms with Gasteiger partial charge in [-0.25, -0.2) is 10.1 Å². The number of amides is 1. The average Bonchev–Trinajstić information content (AvgIpc) is 2.72. The molecule has 0 aliphatic heterocycles. The molecule has 0 bridgehead atoms. The minimum Gasteiger partial charge on any atom is -0.496 e. The summed E-state index contributed by atoms with van der Waals surface area (Å²) in [6, 6.07) is 12.5. The number of aryl methyl sites for hydroxylation is 1. The van der Waals surface area contributed by atoms with E-state index >= 15 is 0 Å². The number of carbonyl (C=O) groups is 1. The molecule has 150 valence electrons. The summed E-state index contributed by atoms with van der Waals surface area (Å²) < 4.78 is 6.70. The third-order valence-electron chi connectivity index (χ3n) is 4.60. The Bertz CT molecular complexity index is 1160.